The van der Waals surface area contributed by atoms with Crippen molar-refractivity contribution >= 4 is 34.8 Å². The van der Waals surface area contributed by atoms with E-state index in [-0.39, 0.29) is 23.5 Å². The molecule has 3 rings (SSSR count). The Morgan fingerprint density at radius 3 is 2.65 bits per heavy atom. The van der Waals surface area contributed by atoms with Gasteiger partial charge in [0.2, 0.25) is 5.95 Å². The van der Waals surface area contributed by atoms with E-state index in [1.54, 1.807) is 22.9 Å². The van der Waals surface area contributed by atoms with Crippen molar-refractivity contribution < 1.29 is 29.0 Å². The number of fused-ring (bicyclic) bond motifs is 1. The topological polar surface area (TPSA) is 180 Å². The third-order valence-electron chi connectivity index (χ3n) is 5.28. The number of nitrogens with zero attached hydrogens (tertiary/aromatic N) is 2. The van der Waals surface area contributed by atoms with Gasteiger partial charge in [0.1, 0.15) is 17.4 Å². The Morgan fingerprint density at radius 2 is 1.97 bits per heavy atom. The Balaban J connectivity index is 1.56. The molecule has 11 nitrogen and oxygen atoms in total. The number of unbranched alkanes of at least 4 members (excludes halogenated alkanes) is 1. The zero-order valence-corrected chi connectivity index (χ0v) is 18.1. The number of hydrogen-bond acceptors (Lipinski definition) is 6. The summed E-state index contributed by atoms with van der Waals surface area (Å²) in [6.45, 7) is 0.550. The smallest absolute Gasteiger partial charge is 0.326 e. The predicted octanol–water partition coefficient (Wildman–Crippen LogP) is 1.52. The van der Waals surface area contributed by atoms with Crippen LogP contribution < -0.4 is 16.6 Å². The fourth-order valence-corrected chi connectivity index (χ4v) is 3.59. The fourth-order valence-electron chi connectivity index (χ4n) is 3.59. The van der Waals surface area contributed by atoms with Crippen LogP contribution in [0.2, 0.25) is 0 Å². The molecule has 0 saturated heterocycles. The van der Waals surface area contributed by atoms with Crippen LogP contribution in [-0.4, -0.2) is 48.6 Å². The molecule has 180 valence electrons. The van der Waals surface area contributed by atoms with Crippen LogP contribution in [0.4, 0.5) is 10.3 Å². The van der Waals surface area contributed by atoms with Gasteiger partial charge in [-0.25, -0.2) is 14.2 Å². The second-order valence-electron chi connectivity index (χ2n) is 7.76. The number of hydrogen-bond donors (Lipinski definition) is 5. The molecule has 1 aromatic carbocycles. The number of nitrogens with one attached hydrogen (secondary N) is 2. The van der Waals surface area contributed by atoms with Crippen LogP contribution in [0.25, 0.3) is 11.0 Å². The van der Waals surface area contributed by atoms with Crippen LogP contribution in [-0.2, 0) is 22.6 Å². The molecule has 6 N–H and O–H groups in total. The minimum Gasteiger partial charge on any atom is -0.481 e. The van der Waals surface area contributed by atoms with Crippen LogP contribution in [0.15, 0.2) is 35.3 Å². The molecule has 1 unspecified atom stereocenters. The summed E-state index contributed by atoms with van der Waals surface area (Å²) in [7, 11) is 0. The van der Waals surface area contributed by atoms with Crippen LogP contribution in [0.1, 0.15) is 41.6 Å². The summed E-state index contributed by atoms with van der Waals surface area (Å²) >= 11 is 0. The van der Waals surface area contributed by atoms with E-state index in [0.29, 0.717) is 42.4 Å². The summed E-state index contributed by atoms with van der Waals surface area (Å²) < 4.78 is 16.3. The fraction of sp³-hybridized carbons (Fsp3) is 0.318. The quantitative estimate of drug-likeness (QED) is 0.260. The van der Waals surface area contributed by atoms with E-state index >= 15 is 0 Å². The van der Waals surface area contributed by atoms with Crippen LogP contribution in [0.3, 0.4) is 0 Å². The first-order valence-electron chi connectivity index (χ1n) is 10.5. The molecule has 0 aliphatic carbocycles. The number of benzene rings is 1. The third kappa shape index (κ3) is 5.97. The number of carbonyl (C=O) groups is 3. The number of H-pyrrole nitrogens is 1. The molecule has 0 fully saturated rings. The zero-order valence-electron chi connectivity index (χ0n) is 18.1. The molecule has 2 heterocycles. The second kappa shape index (κ2) is 10.6. The maximum absolute atomic E-state index is 14.5. The van der Waals surface area contributed by atoms with Gasteiger partial charge < -0.3 is 25.8 Å². The van der Waals surface area contributed by atoms with Gasteiger partial charge in [0, 0.05) is 19.2 Å². The van der Waals surface area contributed by atoms with Crippen LogP contribution in [0.5, 0.6) is 0 Å². The van der Waals surface area contributed by atoms with Crippen molar-refractivity contribution in [2.24, 2.45) is 0 Å². The highest BCUT2D eigenvalue weighted by atomic mass is 19.1. The van der Waals surface area contributed by atoms with Crippen LogP contribution in [0, 0.1) is 5.82 Å². The van der Waals surface area contributed by atoms with E-state index in [4.69, 9.17) is 15.9 Å². The lowest BCUT2D eigenvalue weighted by atomic mass is 10.0. The Kier molecular flexibility index (Phi) is 7.61. The molecular weight excluding hydrogens is 449 g/mol. The molecular formula is C22H24FN5O6. The van der Waals surface area contributed by atoms with Crippen LogP contribution >= 0.6 is 0 Å². The molecule has 0 saturated carbocycles. The molecule has 0 aliphatic rings. The highest BCUT2D eigenvalue weighted by Gasteiger charge is 2.23. The lowest BCUT2D eigenvalue weighted by Crippen LogP contribution is -2.41. The average Bonchev–Trinajstić information content (AvgIpc) is 3.16. The number of rotatable bonds is 11. The van der Waals surface area contributed by atoms with E-state index in [9.17, 15) is 23.6 Å². The number of nitrogen functional groups attached to an aromatic ring is 1. The number of anilines is 1. The number of halogens is 1. The number of carboxylic acids is 2. The maximum atomic E-state index is 14.5. The van der Waals surface area contributed by atoms with Gasteiger partial charge in [-0.1, -0.05) is 6.07 Å². The molecule has 0 spiro atoms. The summed E-state index contributed by atoms with van der Waals surface area (Å²) in [4.78, 5) is 52.8. The largest absolute Gasteiger partial charge is 0.481 e. The van der Waals surface area contributed by atoms with E-state index in [0.717, 1.165) is 0 Å². The lowest BCUT2D eigenvalue weighted by Gasteiger charge is -2.14. The number of carbonyl (C=O) groups excluding carboxylic acids is 1. The molecule has 1 atom stereocenters. The number of nitrogens with two attached hydrogens (primary N) is 1. The monoisotopic (exact) mass is 473 g/mol. The van der Waals surface area contributed by atoms with E-state index < -0.39 is 36.1 Å². The zero-order chi connectivity index (χ0) is 24.8. The summed E-state index contributed by atoms with van der Waals surface area (Å²) in [5.74, 6) is -4.28. The highest BCUT2D eigenvalue weighted by Crippen LogP contribution is 2.15. The third-order valence-corrected chi connectivity index (χ3v) is 5.28. The van der Waals surface area contributed by atoms with E-state index in [2.05, 4.69) is 15.3 Å². The van der Waals surface area contributed by atoms with Gasteiger partial charge in [0.15, 0.2) is 0 Å². The molecule has 12 heteroatoms. The van der Waals surface area contributed by atoms with Gasteiger partial charge in [-0.15, -0.1) is 0 Å². The van der Waals surface area contributed by atoms with Crippen molar-refractivity contribution in [2.45, 2.75) is 44.7 Å². The first-order valence-corrected chi connectivity index (χ1v) is 10.5. The summed E-state index contributed by atoms with van der Waals surface area (Å²) in [6.07, 6.45) is 2.89. The lowest BCUT2D eigenvalue weighted by molar-refractivity contribution is -0.140. The first kappa shape index (κ1) is 24.4. The molecule has 34 heavy (non-hydrogen) atoms. The Morgan fingerprint density at radius 1 is 1.21 bits per heavy atom. The van der Waals surface area contributed by atoms with Crippen molar-refractivity contribution in [1.82, 2.24) is 19.9 Å². The van der Waals surface area contributed by atoms with Crippen molar-refractivity contribution in [3.63, 3.8) is 0 Å². The van der Waals surface area contributed by atoms with Crippen molar-refractivity contribution in [3.8, 4) is 0 Å². The van der Waals surface area contributed by atoms with Crippen molar-refractivity contribution in [3.05, 3.63) is 57.8 Å². The summed E-state index contributed by atoms with van der Waals surface area (Å²) in [5.41, 5.74) is 6.48. The van der Waals surface area contributed by atoms with Crippen molar-refractivity contribution in [2.75, 3.05) is 5.73 Å². The van der Waals surface area contributed by atoms with Gasteiger partial charge in [-0.05, 0) is 49.4 Å². The highest BCUT2D eigenvalue weighted by molar-refractivity contribution is 5.97. The number of amides is 1. The van der Waals surface area contributed by atoms with E-state index in [1.165, 1.54) is 12.1 Å². The minimum atomic E-state index is -1.44. The predicted molar refractivity (Wildman–Crippen MR) is 120 cm³/mol. The molecule has 0 bridgehead atoms. The van der Waals surface area contributed by atoms with Gasteiger partial charge in [0.25, 0.3) is 11.5 Å². The molecule has 2 aromatic heterocycles. The first-order chi connectivity index (χ1) is 16.2. The molecule has 0 aliphatic heterocycles. The van der Waals surface area contributed by atoms with Gasteiger partial charge in [-0.2, -0.15) is 0 Å². The standard InChI is InChI=1S/C22H24FN5O6/c23-14-11-12(4-5-13(14)19(31)25-16(21(33)34)6-7-17(29)30)3-1-2-9-28-10-8-15-18(28)20(32)27-22(24)26-15/h4-5,8,10-11,16H,1-3,6-7,9H2,(H,25,31)(H,29,30)(H,33,34)(H3,24,26,27,32). The maximum Gasteiger partial charge on any atom is 0.326 e. The molecule has 3 aromatic rings. The van der Waals surface area contributed by atoms with Gasteiger partial charge >= 0.3 is 11.9 Å². The second-order valence-corrected chi connectivity index (χ2v) is 7.76. The molecule has 1 amide bonds. The summed E-state index contributed by atoms with van der Waals surface area (Å²) in [5, 5.41) is 20.0. The average molecular weight is 473 g/mol. The van der Waals surface area contributed by atoms with Gasteiger partial charge in [-0.3, -0.25) is 19.4 Å². The Labute approximate surface area is 192 Å². The SMILES string of the molecule is Nc1nc2ccn(CCCCc3ccc(C(=O)NC(CCC(=O)O)C(=O)O)c(F)c3)c2c(=O)[nH]1. The Hall–Kier alpha value is -4.22. The van der Waals surface area contributed by atoms with E-state index in [1.807, 2.05) is 0 Å². The minimum absolute atomic E-state index is 0.0492. The molecule has 0 radical (unpaired) electrons. The van der Waals surface area contributed by atoms with Crippen molar-refractivity contribution in [1.29, 1.82) is 0 Å². The number of aliphatic carboxylic acids is 2. The normalized spacial score (nSPS) is 11.9. The number of carboxylic acid groups (broad SMARTS) is 2. The number of aryl methyl sites for hydroxylation is 2. The number of aromatic nitrogens is 3. The van der Waals surface area contributed by atoms with Gasteiger partial charge in [0.05, 0.1) is 11.1 Å². The Bertz CT molecular complexity index is 1280. The summed E-state index contributed by atoms with van der Waals surface area (Å²) in [6, 6.07) is 4.33. The number of aromatic amines is 1.